The summed E-state index contributed by atoms with van der Waals surface area (Å²) in [6, 6.07) is 8.87. The standard InChI is InChI=1S/C17H23N3O4S/c1-25(23,24)17(7-9-18-10-8-17)16(22)19-13-11-15(21)20(12-13)14-5-3-2-4-6-14/h2-6,13,18H,7-12H2,1H3,(H,19,22). The van der Waals surface area contributed by atoms with E-state index >= 15 is 0 Å². The second-order valence-electron chi connectivity index (χ2n) is 6.73. The van der Waals surface area contributed by atoms with Gasteiger partial charge in [0.05, 0.1) is 6.04 Å². The normalized spacial score (nSPS) is 23.5. The fourth-order valence-electron chi connectivity index (χ4n) is 3.58. The number of hydrogen-bond donors (Lipinski definition) is 2. The van der Waals surface area contributed by atoms with E-state index in [-0.39, 0.29) is 31.2 Å². The Labute approximate surface area is 147 Å². The summed E-state index contributed by atoms with van der Waals surface area (Å²) in [4.78, 5) is 26.7. The van der Waals surface area contributed by atoms with Gasteiger partial charge in [0.2, 0.25) is 11.8 Å². The van der Waals surface area contributed by atoms with Gasteiger partial charge in [-0.3, -0.25) is 9.59 Å². The summed E-state index contributed by atoms with van der Waals surface area (Å²) in [5, 5.41) is 5.91. The van der Waals surface area contributed by atoms with Gasteiger partial charge in [-0.2, -0.15) is 0 Å². The number of hydrogen-bond acceptors (Lipinski definition) is 5. The lowest BCUT2D eigenvalue weighted by Crippen LogP contribution is -2.59. The number of nitrogens with one attached hydrogen (secondary N) is 2. The molecule has 2 fully saturated rings. The monoisotopic (exact) mass is 365 g/mol. The van der Waals surface area contributed by atoms with Crippen molar-refractivity contribution >= 4 is 27.3 Å². The van der Waals surface area contributed by atoms with Crippen LogP contribution in [0.2, 0.25) is 0 Å². The first kappa shape index (κ1) is 17.9. The molecule has 7 nitrogen and oxygen atoms in total. The van der Waals surface area contributed by atoms with E-state index in [1.807, 2.05) is 30.3 Å². The van der Waals surface area contributed by atoms with E-state index < -0.39 is 20.5 Å². The van der Waals surface area contributed by atoms with E-state index in [1.165, 1.54) is 0 Å². The third kappa shape index (κ3) is 3.41. The molecule has 2 N–H and O–H groups in total. The first-order chi connectivity index (χ1) is 11.8. The van der Waals surface area contributed by atoms with Crippen molar-refractivity contribution in [2.45, 2.75) is 30.1 Å². The Morgan fingerprint density at radius 1 is 1.24 bits per heavy atom. The van der Waals surface area contributed by atoms with E-state index in [2.05, 4.69) is 10.6 Å². The molecule has 0 saturated carbocycles. The van der Waals surface area contributed by atoms with Gasteiger partial charge in [0.25, 0.3) is 0 Å². The molecule has 2 aliphatic heterocycles. The Morgan fingerprint density at radius 3 is 2.48 bits per heavy atom. The lowest BCUT2D eigenvalue weighted by molar-refractivity contribution is -0.125. The first-order valence-corrected chi connectivity index (χ1v) is 10.3. The summed E-state index contributed by atoms with van der Waals surface area (Å²) in [5.41, 5.74) is 0.781. The lowest BCUT2D eigenvalue weighted by Gasteiger charge is -2.35. The number of sulfone groups is 1. The maximum Gasteiger partial charge on any atom is 0.241 e. The van der Waals surface area contributed by atoms with Gasteiger partial charge in [-0.05, 0) is 38.1 Å². The van der Waals surface area contributed by atoms with Gasteiger partial charge >= 0.3 is 0 Å². The second kappa shape index (κ2) is 6.76. The largest absolute Gasteiger partial charge is 0.350 e. The van der Waals surface area contributed by atoms with Crippen molar-refractivity contribution in [3.63, 3.8) is 0 Å². The third-order valence-corrected chi connectivity index (χ3v) is 7.08. The Bertz CT molecular complexity index is 757. The minimum absolute atomic E-state index is 0.0739. The fourth-order valence-corrected chi connectivity index (χ4v) is 4.92. The molecular weight excluding hydrogens is 342 g/mol. The van der Waals surface area contributed by atoms with Crippen LogP contribution in [0.25, 0.3) is 0 Å². The van der Waals surface area contributed by atoms with Gasteiger partial charge in [0, 0.05) is 24.9 Å². The predicted octanol–water partition coefficient (Wildman–Crippen LogP) is 0.0749. The molecule has 8 heteroatoms. The van der Waals surface area contributed by atoms with Crippen molar-refractivity contribution < 1.29 is 18.0 Å². The molecular formula is C17H23N3O4S. The van der Waals surface area contributed by atoms with Gasteiger partial charge in [-0.15, -0.1) is 0 Å². The molecule has 3 rings (SSSR count). The number of nitrogens with zero attached hydrogens (tertiary/aromatic N) is 1. The quantitative estimate of drug-likeness (QED) is 0.788. The SMILES string of the molecule is CS(=O)(=O)C1(C(=O)NC2CC(=O)N(c3ccccc3)C2)CCNCC1. The number of rotatable bonds is 4. The van der Waals surface area contributed by atoms with Crippen molar-refractivity contribution in [2.24, 2.45) is 0 Å². The highest BCUT2D eigenvalue weighted by Gasteiger charge is 2.49. The fraction of sp³-hybridized carbons (Fsp3) is 0.529. The molecule has 1 unspecified atom stereocenters. The highest BCUT2D eigenvalue weighted by atomic mass is 32.2. The molecule has 1 atom stereocenters. The van der Waals surface area contributed by atoms with Crippen molar-refractivity contribution in [1.29, 1.82) is 0 Å². The average Bonchev–Trinajstić information content (AvgIpc) is 2.95. The van der Waals surface area contributed by atoms with Crippen LogP contribution < -0.4 is 15.5 Å². The number of para-hydroxylation sites is 1. The minimum Gasteiger partial charge on any atom is -0.350 e. The maximum atomic E-state index is 12.8. The number of piperidine rings is 1. The Kier molecular flexibility index (Phi) is 4.83. The molecule has 2 heterocycles. The Balaban J connectivity index is 1.74. The van der Waals surface area contributed by atoms with E-state index in [0.717, 1.165) is 11.9 Å². The van der Waals surface area contributed by atoms with Crippen LogP contribution in [-0.4, -0.2) is 56.9 Å². The smallest absolute Gasteiger partial charge is 0.241 e. The molecule has 0 aliphatic carbocycles. The molecule has 1 aromatic carbocycles. The summed E-state index contributed by atoms with van der Waals surface area (Å²) in [6.45, 7) is 1.33. The van der Waals surface area contributed by atoms with Crippen LogP contribution in [0.4, 0.5) is 5.69 Å². The van der Waals surface area contributed by atoms with Crippen LogP contribution in [0.3, 0.4) is 0 Å². The molecule has 2 saturated heterocycles. The predicted molar refractivity (Wildman–Crippen MR) is 95.0 cm³/mol. The zero-order chi connectivity index (χ0) is 18.1. The molecule has 0 radical (unpaired) electrons. The van der Waals surface area contributed by atoms with Crippen molar-refractivity contribution in [3.05, 3.63) is 30.3 Å². The molecule has 0 spiro atoms. The van der Waals surface area contributed by atoms with Gasteiger partial charge in [0.1, 0.15) is 0 Å². The average molecular weight is 365 g/mol. The van der Waals surface area contributed by atoms with E-state index in [9.17, 15) is 18.0 Å². The summed E-state index contributed by atoms with van der Waals surface area (Å²) >= 11 is 0. The number of amides is 2. The van der Waals surface area contributed by atoms with Crippen LogP contribution in [-0.2, 0) is 19.4 Å². The molecule has 136 valence electrons. The minimum atomic E-state index is -3.56. The van der Waals surface area contributed by atoms with Crippen molar-refractivity contribution in [1.82, 2.24) is 10.6 Å². The van der Waals surface area contributed by atoms with E-state index in [0.29, 0.717) is 19.6 Å². The number of anilines is 1. The molecule has 2 amide bonds. The second-order valence-corrected chi connectivity index (χ2v) is 9.06. The van der Waals surface area contributed by atoms with Crippen LogP contribution in [0.5, 0.6) is 0 Å². The molecule has 2 aliphatic rings. The molecule has 0 aromatic heterocycles. The van der Waals surface area contributed by atoms with Gasteiger partial charge in [0.15, 0.2) is 14.6 Å². The van der Waals surface area contributed by atoms with Gasteiger partial charge in [-0.1, -0.05) is 18.2 Å². The summed E-state index contributed by atoms with van der Waals surface area (Å²) in [7, 11) is -3.56. The van der Waals surface area contributed by atoms with Crippen molar-refractivity contribution in [3.8, 4) is 0 Å². The number of benzene rings is 1. The lowest BCUT2D eigenvalue weighted by atomic mass is 9.95. The number of carbonyl (C=O) groups is 2. The number of carbonyl (C=O) groups excluding carboxylic acids is 2. The zero-order valence-corrected chi connectivity index (χ0v) is 15.0. The van der Waals surface area contributed by atoms with Crippen LogP contribution in [0.15, 0.2) is 30.3 Å². The van der Waals surface area contributed by atoms with Crippen LogP contribution in [0, 0.1) is 0 Å². The topological polar surface area (TPSA) is 95.6 Å². The summed E-state index contributed by atoms with van der Waals surface area (Å²) < 4.78 is 23.2. The van der Waals surface area contributed by atoms with Crippen LogP contribution in [0.1, 0.15) is 19.3 Å². The molecule has 1 aromatic rings. The van der Waals surface area contributed by atoms with E-state index in [1.54, 1.807) is 4.90 Å². The summed E-state index contributed by atoms with van der Waals surface area (Å²) in [6.07, 6.45) is 1.80. The molecule has 25 heavy (non-hydrogen) atoms. The van der Waals surface area contributed by atoms with Gasteiger partial charge < -0.3 is 15.5 Å². The van der Waals surface area contributed by atoms with Crippen LogP contribution >= 0.6 is 0 Å². The van der Waals surface area contributed by atoms with E-state index in [4.69, 9.17) is 0 Å². The molecule has 0 bridgehead atoms. The maximum absolute atomic E-state index is 12.8. The van der Waals surface area contributed by atoms with Gasteiger partial charge in [-0.25, -0.2) is 8.42 Å². The zero-order valence-electron chi connectivity index (χ0n) is 14.2. The third-order valence-electron chi connectivity index (χ3n) is 5.06. The Morgan fingerprint density at radius 2 is 1.88 bits per heavy atom. The Hall–Kier alpha value is -1.93. The van der Waals surface area contributed by atoms with Crippen molar-refractivity contribution in [2.75, 3.05) is 30.8 Å². The highest BCUT2D eigenvalue weighted by Crippen LogP contribution is 2.29. The summed E-state index contributed by atoms with van der Waals surface area (Å²) in [5.74, 6) is -0.556. The highest BCUT2D eigenvalue weighted by molar-refractivity contribution is 7.92. The first-order valence-electron chi connectivity index (χ1n) is 8.40.